The van der Waals surface area contributed by atoms with Crippen LogP contribution in [0.3, 0.4) is 0 Å². The number of piperidine rings is 1. The third-order valence-electron chi connectivity index (χ3n) is 11.3. The highest BCUT2D eigenvalue weighted by Gasteiger charge is 2.79. The lowest BCUT2D eigenvalue weighted by atomic mass is 9.37. The van der Waals surface area contributed by atoms with Crippen LogP contribution in [-0.2, 0) is 27.9 Å². The predicted octanol–water partition coefficient (Wildman–Crippen LogP) is 5.15. The van der Waals surface area contributed by atoms with Gasteiger partial charge in [0.15, 0.2) is 11.5 Å². The van der Waals surface area contributed by atoms with E-state index in [1.54, 1.807) is 14.2 Å². The van der Waals surface area contributed by atoms with Crippen LogP contribution in [0.25, 0.3) is 0 Å². The Morgan fingerprint density at radius 3 is 2.65 bits per heavy atom. The van der Waals surface area contributed by atoms with E-state index in [-0.39, 0.29) is 22.8 Å². The molecule has 2 heterocycles. The molecule has 9 rings (SSSR count). The van der Waals surface area contributed by atoms with Gasteiger partial charge < -0.3 is 19.1 Å². The molecule has 1 saturated heterocycles. The van der Waals surface area contributed by atoms with Crippen molar-refractivity contribution in [2.24, 2.45) is 11.3 Å². The summed E-state index contributed by atoms with van der Waals surface area (Å²) >= 11 is 6.12. The number of nitrogens with zero attached hydrogens (tertiary/aromatic N) is 2. The first-order valence-corrected chi connectivity index (χ1v) is 15.1. The number of carbonyl (C=O) groups excluding carboxylic acids is 1. The summed E-state index contributed by atoms with van der Waals surface area (Å²) in [4.78, 5) is 19.0. The number of hydrogen-bond acceptors (Lipinski definition) is 5. The van der Waals surface area contributed by atoms with Crippen molar-refractivity contribution in [2.75, 3.05) is 34.4 Å². The molecule has 2 aromatic rings. The quantitative estimate of drug-likeness (QED) is 0.469. The van der Waals surface area contributed by atoms with Gasteiger partial charge in [-0.3, -0.25) is 9.69 Å². The van der Waals surface area contributed by atoms with Gasteiger partial charge in [-0.2, -0.15) is 0 Å². The van der Waals surface area contributed by atoms with E-state index in [1.807, 2.05) is 36.2 Å². The van der Waals surface area contributed by atoms with Crippen molar-refractivity contribution < 1.29 is 19.0 Å². The number of fused-ring (bicyclic) bond motifs is 1. The number of halogens is 1. The van der Waals surface area contributed by atoms with E-state index < -0.39 is 5.60 Å². The second-order valence-electron chi connectivity index (χ2n) is 13.0. The standard InChI is InChI=1S/C33H37ClN2O4/c1-35(18-20-6-9-23(34)10-7-20)29(37)24-17-31-12-13-33(24,39-3)30-32(31)14-15-36(19-21-4-5-21)26(31)16-22-8-11-25(38-2)28(40-30)27(22)32/h6-11,17,21,26,30H,4-5,12-16,18-19H2,1-3H3/t26-,30-,31-,32+,33-/m1/s1. The van der Waals surface area contributed by atoms with E-state index in [4.69, 9.17) is 25.8 Å². The summed E-state index contributed by atoms with van der Waals surface area (Å²) in [5.74, 6) is 2.50. The highest BCUT2D eigenvalue weighted by Crippen LogP contribution is 2.75. The molecule has 7 aliphatic rings. The summed E-state index contributed by atoms with van der Waals surface area (Å²) in [6, 6.07) is 12.4. The second kappa shape index (κ2) is 8.50. The lowest BCUT2D eigenvalue weighted by molar-refractivity contribution is -0.198. The maximum atomic E-state index is 14.4. The molecule has 40 heavy (non-hydrogen) atoms. The maximum absolute atomic E-state index is 14.4. The van der Waals surface area contributed by atoms with E-state index in [2.05, 4.69) is 23.1 Å². The molecule has 2 spiro atoms. The zero-order chi connectivity index (χ0) is 27.4. The molecule has 0 unspecified atom stereocenters. The third-order valence-corrected chi connectivity index (χ3v) is 11.5. The van der Waals surface area contributed by atoms with E-state index in [0.29, 0.717) is 17.6 Å². The SMILES string of the molecule is COc1ccc2c3c1O[C@@H]1[C@]34CCN(CC3CC3)[C@H](C2)[C@@]42C=C(C(=O)N(C)Cc3ccc(Cl)cc3)[C@]1(OC)CC2. The van der Waals surface area contributed by atoms with Crippen molar-refractivity contribution in [3.05, 3.63) is 69.8 Å². The minimum atomic E-state index is -0.811. The maximum Gasteiger partial charge on any atom is 0.252 e. The lowest BCUT2D eigenvalue weighted by Crippen LogP contribution is -2.78. The number of likely N-dealkylation sites (N-methyl/N-ethyl adjacent to an activating group) is 1. The molecule has 0 radical (unpaired) electrons. The molecular formula is C33H37ClN2O4. The summed E-state index contributed by atoms with van der Waals surface area (Å²) in [6.45, 7) is 2.73. The minimum absolute atomic E-state index is 0.0230. The van der Waals surface area contributed by atoms with Crippen molar-refractivity contribution >= 4 is 17.5 Å². The van der Waals surface area contributed by atoms with Gasteiger partial charge in [0, 0.05) is 54.9 Å². The topological polar surface area (TPSA) is 51.2 Å². The van der Waals surface area contributed by atoms with Crippen LogP contribution in [0.15, 0.2) is 48.0 Å². The fourth-order valence-corrected chi connectivity index (χ4v) is 9.51. The number of likely N-dealkylation sites (tertiary alicyclic amines) is 1. The molecule has 2 aliphatic heterocycles. The number of rotatable bonds is 7. The number of benzene rings is 2. The number of methoxy groups -OCH3 is 2. The van der Waals surface area contributed by atoms with Gasteiger partial charge in [0.1, 0.15) is 11.7 Å². The van der Waals surface area contributed by atoms with E-state index in [9.17, 15) is 4.79 Å². The molecule has 2 saturated carbocycles. The van der Waals surface area contributed by atoms with Crippen LogP contribution >= 0.6 is 11.6 Å². The summed E-state index contributed by atoms with van der Waals surface area (Å²) in [6.07, 6.45) is 8.58. The lowest BCUT2D eigenvalue weighted by Gasteiger charge is -2.70. The first-order chi connectivity index (χ1) is 19.4. The highest BCUT2D eigenvalue weighted by atomic mass is 35.5. The minimum Gasteiger partial charge on any atom is -0.493 e. The second-order valence-corrected chi connectivity index (χ2v) is 13.4. The van der Waals surface area contributed by atoms with Gasteiger partial charge in [-0.25, -0.2) is 0 Å². The normalized spacial score (nSPS) is 34.6. The fourth-order valence-electron chi connectivity index (χ4n) is 9.39. The van der Waals surface area contributed by atoms with Crippen molar-refractivity contribution in [1.29, 1.82) is 0 Å². The van der Waals surface area contributed by atoms with Gasteiger partial charge in [0.05, 0.1) is 12.5 Å². The van der Waals surface area contributed by atoms with Crippen LogP contribution in [-0.4, -0.2) is 67.8 Å². The van der Waals surface area contributed by atoms with E-state index in [0.717, 1.165) is 67.3 Å². The highest BCUT2D eigenvalue weighted by molar-refractivity contribution is 6.30. The zero-order valence-corrected chi connectivity index (χ0v) is 24.3. The van der Waals surface area contributed by atoms with Crippen molar-refractivity contribution in [1.82, 2.24) is 9.80 Å². The van der Waals surface area contributed by atoms with Gasteiger partial charge in [0.2, 0.25) is 0 Å². The molecule has 0 N–H and O–H groups in total. The Bertz CT molecular complexity index is 1440. The Labute approximate surface area is 241 Å². The number of ether oxygens (including phenoxy) is 3. The molecule has 3 fully saturated rings. The largest absolute Gasteiger partial charge is 0.493 e. The first-order valence-electron chi connectivity index (χ1n) is 14.8. The first kappa shape index (κ1) is 25.2. The number of amides is 1. The van der Waals surface area contributed by atoms with Gasteiger partial charge in [-0.15, -0.1) is 0 Å². The monoisotopic (exact) mass is 560 g/mol. The molecule has 1 amide bonds. The smallest absolute Gasteiger partial charge is 0.252 e. The van der Waals surface area contributed by atoms with Gasteiger partial charge in [0.25, 0.3) is 5.91 Å². The molecular weight excluding hydrogens is 524 g/mol. The molecule has 0 aromatic heterocycles. The fraction of sp³-hybridized carbons (Fsp3) is 0.545. The van der Waals surface area contributed by atoms with Gasteiger partial charge >= 0.3 is 0 Å². The third kappa shape index (κ3) is 3.05. The summed E-state index contributed by atoms with van der Waals surface area (Å²) in [5.41, 5.74) is 3.32. The van der Waals surface area contributed by atoms with Crippen molar-refractivity contribution in [2.45, 2.75) is 68.2 Å². The molecule has 2 aromatic carbocycles. The van der Waals surface area contributed by atoms with Crippen LogP contribution in [0, 0.1) is 11.3 Å². The number of carbonyl (C=O) groups is 1. The Balaban J connectivity index is 1.28. The molecule has 210 valence electrons. The van der Waals surface area contributed by atoms with E-state index >= 15 is 0 Å². The molecule has 5 atom stereocenters. The van der Waals surface area contributed by atoms with Gasteiger partial charge in [-0.1, -0.05) is 35.9 Å². The Morgan fingerprint density at radius 1 is 1.12 bits per heavy atom. The predicted molar refractivity (Wildman–Crippen MR) is 153 cm³/mol. The summed E-state index contributed by atoms with van der Waals surface area (Å²) in [7, 11) is 5.38. The molecule has 7 heteroatoms. The van der Waals surface area contributed by atoms with Crippen LogP contribution in [0.1, 0.15) is 48.8 Å². The molecule has 6 nitrogen and oxygen atoms in total. The average molecular weight is 561 g/mol. The average Bonchev–Trinajstić information content (AvgIpc) is 3.71. The molecule has 5 aliphatic carbocycles. The van der Waals surface area contributed by atoms with E-state index in [1.165, 1.54) is 24.0 Å². The Hall–Kier alpha value is -2.54. The van der Waals surface area contributed by atoms with Crippen LogP contribution < -0.4 is 9.47 Å². The molecule has 4 bridgehead atoms. The zero-order valence-electron chi connectivity index (χ0n) is 23.5. The number of hydrogen-bond donors (Lipinski definition) is 0. The van der Waals surface area contributed by atoms with Crippen molar-refractivity contribution in [3.8, 4) is 11.5 Å². The van der Waals surface area contributed by atoms with Crippen LogP contribution in [0.2, 0.25) is 5.02 Å². The van der Waals surface area contributed by atoms with Crippen LogP contribution in [0.5, 0.6) is 11.5 Å². The summed E-state index contributed by atoms with van der Waals surface area (Å²) < 4.78 is 19.4. The Kier molecular flexibility index (Phi) is 5.35. The van der Waals surface area contributed by atoms with Crippen molar-refractivity contribution in [3.63, 3.8) is 0 Å². The van der Waals surface area contributed by atoms with Crippen LogP contribution in [0.4, 0.5) is 0 Å². The van der Waals surface area contributed by atoms with Gasteiger partial charge in [-0.05, 0) is 80.3 Å². The summed E-state index contributed by atoms with van der Waals surface area (Å²) in [5, 5.41) is 0.695. The Morgan fingerprint density at radius 2 is 1.93 bits per heavy atom.